The highest BCUT2D eigenvalue weighted by Crippen LogP contribution is 2.38. The number of carbonyl (C=O) groups excluding carboxylic acids is 1. The van der Waals surface area contributed by atoms with Gasteiger partial charge in [0.25, 0.3) is 5.91 Å². The second-order valence-corrected chi connectivity index (χ2v) is 8.53. The molecule has 2 aromatic rings. The summed E-state index contributed by atoms with van der Waals surface area (Å²) in [6, 6.07) is 7.88. The minimum absolute atomic E-state index is 0.139. The number of hydrogen-bond acceptors (Lipinski definition) is 6. The van der Waals surface area contributed by atoms with E-state index in [1.807, 2.05) is 0 Å². The Hall–Kier alpha value is -2.65. The SMILES string of the molecule is COc1cc(CNC(=O)c2ccc(N(C)S(C)(=O)=O)cc2Cl)cc(OC)c1OC. The molecular formula is C19H23ClN2O6S. The molecule has 0 spiro atoms. The molecule has 10 heteroatoms. The van der Waals surface area contributed by atoms with Crippen molar-refractivity contribution >= 4 is 33.2 Å². The maximum Gasteiger partial charge on any atom is 0.253 e. The lowest BCUT2D eigenvalue weighted by Gasteiger charge is -2.17. The molecule has 0 fully saturated rings. The van der Waals surface area contributed by atoms with E-state index in [2.05, 4.69) is 5.32 Å². The Morgan fingerprint density at radius 2 is 1.66 bits per heavy atom. The van der Waals surface area contributed by atoms with Crippen LogP contribution < -0.4 is 23.8 Å². The minimum atomic E-state index is -3.43. The highest BCUT2D eigenvalue weighted by Gasteiger charge is 2.17. The molecule has 2 aromatic carbocycles. The lowest BCUT2D eigenvalue weighted by molar-refractivity contribution is 0.0951. The summed E-state index contributed by atoms with van der Waals surface area (Å²) in [5.41, 5.74) is 1.32. The van der Waals surface area contributed by atoms with Crippen LogP contribution in [0.1, 0.15) is 15.9 Å². The third-order valence-electron chi connectivity index (χ3n) is 4.24. The molecule has 0 bridgehead atoms. The summed E-state index contributed by atoms with van der Waals surface area (Å²) in [6.07, 6.45) is 1.08. The number of rotatable bonds is 8. The second-order valence-electron chi connectivity index (χ2n) is 6.11. The van der Waals surface area contributed by atoms with Gasteiger partial charge in [-0.15, -0.1) is 0 Å². The molecule has 0 aliphatic carbocycles. The van der Waals surface area contributed by atoms with Crippen LogP contribution in [0.4, 0.5) is 5.69 Å². The molecule has 0 radical (unpaired) electrons. The number of methoxy groups -OCH3 is 3. The fraction of sp³-hybridized carbons (Fsp3) is 0.316. The molecule has 0 saturated heterocycles. The van der Waals surface area contributed by atoms with Crippen molar-refractivity contribution in [1.82, 2.24) is 5.32 Å². The second kappa shape index (κ2) is 9.23. The van der Waals surface area contributed by atoms with Crippen LogP contribution in [-0.4, -0.2) is 49.0 Å². The van der Waals surface area contributed by atoms with Crippen molar-refractivity contribution in [2.24, 2.45) is 0 Å². The summed E-state index contributed by atoms with van der Waals surface area (Å²) >= 11 is 6.20. The first kappa shape index (κ1) is 22.6. The third kappa shape index (κ3) is 5.24. The van der Waals surface area contributed by atoms with Crippen LogP contribution in [0, 0.1) is 0 Å². The van der Waals surface area contributed by atoms with E-state index in [1.165, 1.54) is 46.6 Å². The molecule has 1 amide bonds. The number of sulfonamides is 1. The van der Waals surface area contributed by atoms with E-state index in [1.54, 1.807) is 12.1 Å². The molecule has 0 saturated carbocycles. The number of amides is 1. The number of anilines is 1. The smallest absolute Gasteiger partial charge is 0.253 e. The van der Waals surface area contributed by atoms with Crippen LogP contribution in [0.3, 0.4) is 0 Å². The highest BCUT2D eigenvalue weighted by atomic mass is 35.5. The van der Waals surface area contributed by atoms with Crippen molar-refractivity contribution in [2.45, 2.75) is 6.54 Å². The quantitative estimate of drug-likeness (QED) is 0.675. The van der Waals surface area contributed by atoms with Gasteiger partial charge in [-0.05, 0) is 35.9 Å². The van der Waals surface area contributed by atoms with Gasteiger partial charge in [0.1, 0.15) is 0 Å². The van der Waals surface area contributed by atoms with Crippen LogP contribution in [0.5, 0.6) is 17.2 Å². The Bertz CT molecular complexity index is 985. The van der Waals surface area contributed by atoms with Crippen molar-refractivity contribution in [3.05, 3.63) is 46.5 Å². The molecule has 0 aliphatic heterocycles. The topological polar surface area (TPSA) is 94.2 Å². The first-order valence-corrected chi connectivity index (χ1v) is 10.7. The van der Waals surface area contributed by atoms with E-state index in [-0.39, 0.29) is 17.1 Å². The standard InChI is InChI=1S/C19H23ClN2O6S/c1-22(29(5,24)25)13-6-7-14(15(20)10-13)19(23)21-11-12-8-16(26-2)18(28-4)17(9-12)27-3/h6-10H,11H2,1-5H3,(H,21,23). The number of carbonyl (C=O) groups is 1. The van der Waals surface area contributed by atoms with Crippen molar-refractivity contribution < 1.29 is 27.4 Å². The fourth-order valence-electron chi connectivity index (χ4n) is 2.59. The zero-order valence-electron chi connectivity index (χ0n) is 16.8. The highest BCUT2D eigenvalue weighted by molar-refractivity contribution is 7.92. The van der Waals surface area contributed by atoms with E-state index in [4.69, 9.17) is 25.8 Å². The number of hydrogen-bond donors (Lipinski definition) is 1. The molecule has 1 N–H and O–H groups in total. The summed E-state index contributed by atoms with van der Waals surface area (Å²) in [4.78, 5) is 12.5. The zero-order valence-corrected chi connectivity index (χ0v) is 18.3. The van der Waals surface area contributed by atoms with Crippen LogP contribution in [0.25, 0.3) is 0 Å². The Morgan fingerprint density at radius 1 is 1.07 bits per heavy atom. The van der Waals surface area contributed by atoms with Crippen molar-refractivity contribution in [1.29, 1.82) is 0 Å². The Morgan fingerprint density at radius 3 is 2.10 bits per heavy atom. The largest absolute Gasteiger partial charge is 0.493 e. The zero-order chi connectivity index (χ0) is 21.8. The average Bonchev–Trinajstić information content (AvgIpc) is 2.69. The average molecular weight is 443 g/mol. The molecule has 0 unspecified atom stereocenters. The van der Waals surface area contributed by atoms with Gasteiger partial charge in [0.2, 0.25) is 15.8 Å². The predicted octanol–water partition coefficient (Wildman–Crippen LogP) is 2.69. The van der Waals surface area contributed by atoms with Gasteiger partial charge in [-0.1, -0.05) is 11.6 Å². The summed E-state index contributed by atoms with van der Waals surface area (Å²) in [5.74, 6) is 1.00. The molecule has 158 valence electrons. The van der Waals surface area contributed by atoms with Crippen LogP contribution in [-0.2, 0) is 16.6 Å². The summed E-state index contributed by atoms with van der Waals surface area (Å²) < 4.78 is 40.2. The third-order valence-corrected chi connectivity index (χ3v) is 5.75. The molecule has 0 aliphatic rings. The van der Waals surface area contributed by atoms with Crippen molar-refractivity contribution in [2.75, 3.05) is 38.9 Å². The first-order valence-electron chi connectivity index (χ1n) is 8.43. The lowest BCUT2D eigenvalue weighted by Crippen LogP contribution is -2.26. The Labute approximate surface area is 175 Å². The van der Waals surface area contributed by atoms with Gasteiger partial charge in [-0.25, -0.2) is 8.42 Å². The summed E-state index contributed by atoms with van der Waals surface area (Å²) in [7, 11) is 2.50. The van der Waals surface area contributed by atoms with Gasteiger partial charge < -0.3 is 19.5 Å². The van der Waals surface area contributed by atoms with E-state index in [9.17, 15) is 13.2 Å². The number of nitrogens with zero attached hydrogens (tertiary/aromatic N) is 1. The predicted molar refractivity (Wildman–Crippen MR) is 112 cm³/mol. The monoisotopic (exact) mass is 442 g/mol. The molecule has 8 nitrogen and oxygen atoms in total. The lowest BCUT2D eigenvalue weighted by atomic mass is 10.1. The fourth-order valence-corrected chi connectivity index (χ4v) is 3.35. The van der Waals surface area contributed by atoms with Gasteiger partial charge in [0.05, 0.1) is 43.9 Å². The van der Waals surface area contributed by atoms with Gasteiger partial charge in [-0.2, -0.15) is 0 Å². The molecule has 0 heterocycles. The maximum absolute atomic E-state index is 12.5. The summed E-state index contributed by atoms with van der Waals surface area (Å²) in [6.45, 7) is 0.191. The van der Waals surface area contributed by atoms with Gasteiger partial charge in [-0.3, -0.25) is 9.10 Å². The number of ether oxygens (including phenoxy) is 3. The molecule has 0 aromatic heterocycles. The van der Waals surface area contributed by atoms with Crippen LogP contribution in [0.15, 0.2) is 30.3 Å². The number of benzene rings is 2. The van der Waals surface area contributed by atoms with E-state index >= 15 is 0 Å². The minimum Gasteiger partial charge on any atom is -0.493 e. The van der Waals surface area contributed by atoms with E-state index in [0.717, 1.165) is 16.1 Å². The van der Waals surface area contributed by atoms with Crippen molar-refractivity contribution in [3.63, 3.8) is 0 Å². The van der Waals surface area contributed by atoms with E-state index in [0.29, 0.717) is 22.9 Å². The van der Waals surface area contributed by atoms with Crippen molar-refractivity contribution in [3.8, 4) is 17.2 Å². The van der Waals surface area contributed by atoms with Crippen LogP contribution >= 0.6 is 11.6 Å². The molecular weight excluding hydrogens is 420 g/mol. The molecule has 29 heavy (non-hydrogen) atoms. The Kier molecular flexibility index (Phi) is 7.21. The number of nitrogens with one attached hydrogen (secondary N) is 1. The maximum atomic E-state index is 12.5. The van der Waals surface area contributed by atoms with Gasteiger partial charge >= 0.3 is 0 Å². The van der Waals surface area contributed by atoms with Gasteiger partial charge in [0, 0.05) is 13.6 Å². The molecule has 2 rings (SSSR count). The number of halogens is 1. The Balaban J connectivity index is 2.19. The summed E-state index contributed by atoms with van der Waals surface area (Å²) in [5, 5.41) is 2.91. The molecule has 0 atom stereocenters. The first-order chi connectivity index (χ1) is 13.6. The van der Waals surface area contributed by atoms with Crippen LogP contribution in [0.2, 0.25) is 5.02 Å². The normalized spacial score (nSPS) is 11.0. The van der Waals surface area contributed by atoms with Gasteiger partial charge in [0.15, 0.2) is 11.5 Å². The van der Waals surface area contributed by atoms with E-state index < -0.39 is 15.9 Å².